The highest BCUT2D eigenvalue weighted by molar-refractivity contribution is 5.96. The van der Waals surface area contributed by atoms with Crippen LogP contribution in [0, 0.1) is 11.8 Å². The average molecular weight is 269 g/mol. The summed E-state index contributed by atoms with van der Waals surface area (Å²) in [7, 11) is 0. The van der Waals surface area contributed by atoms with Crippen molar-refractivity contribution in [2.24, 2.45) is 0 Å². The van der Waals surface area contributed by atoms with Gasteiger partial charge in [0.15, 0.2) is 0 Å². The molecule has 5 nitrogen and oxygen atoms in total. The van der Waals surface area contributed by atoms with Crippen LogP contribution in [-0.4, -0.2) is 27.6 Å². The van der Waals surface area contributed by atoms with Gasteiger partial charge in [-0.25, -0.2) is 4.98 Å². The predicted octanol–water partition coefficient (Wildman–Crippen LogP) is 1.24. The van der Waals surface area contributed by atoms with Crippen LogP contribution in [0.25, 0.3) is 0 Å². The Morgan fingerprint density at radius 1 is 1.50 bits per heavy atom. The monoisotopic (exact) mass is 269 g/mol. The normalized spacial score (nSPS) is 11.3. The van der Waals surface area contributed by atoms with Gasteiger partial charge < -0.3 is 15.4 Å². The Labute approximate surface area is 117 Å². The van der Waals surface area contributed by atoms with Gasteiger partial charge in [-0.05, 0) is 19.1 Å². The number of benzene rings is 1. The quantitative estimate of drug-likeness (QED) is 0.734. The Balaban J connectivity index is 2.17. The van der Waals surface area contributed by atoms with Crippen LogP contribution >= 0.6 is 0 Å². The first-order valence-corrected chi connectivity index (χ1v) is 6.21. The number of carbonyl (C=O) groups excluding carboxylic acids is 1. The van der Waals surface area contributed by atoms with Crippen LogP contribution in [0.15, 0.2) is 36.7 Å². The molecule has 1 unspecified atom stereocenters. The Bertz CT molecular complexity index is 639. The van der Waals surface area contributed by atoms with E-state index in [1.807, 2.05) is 6.92 Å². The van der Waals surface area contributed by atoms with E-state index >= 15 is 0 Å². The number of hydrogen-bond acceptors (Lipinski definition) is 3. The zero-order chi connectivity index (χ0) is 14.4. The second kappa shape index (κ2) is 6.55. The zero-order valence-electron chi connectivity index (χ0n) is 11.1. The van der Waals surface area contributed by atoms with E-state index in [0.29, 0.717) is 17.0 Å². The fraction of sp³-hybridized carbons (Fsp3) is 0.200. The van der Waals surface area contributed by atoms with E-state index < -0.39 is 0 Å². The topological polar surface area (TPSA) is 78.0 Å². The minimum Gasteiger partial charge on any atom is -0.384 e. The van der Waals surface area contributed by atoms with Crippen LogP contribution in [0.2, 0.25) is 0 Å². The van der Waals surface area contributed by atoms with Crippen molar-refractivity contribution in [1.82, 2.24) is 15.3 Å². The Morgan fingerprint density at radius 3 is 3.00 bits per heavy atom. The number of H-pyrrole nitrogens is 1. The van der Waals surface area contributed by atoms with Gasteiger partial charge in [0.1, 0.15) is 12.4 Å². The van der Waals surface area contributed by atoms with Crippen LogP contribution in [0.5, 0.6) is 0 Å². The first-order chi connectivity index (χ1) is 9.72. The average Bonchev–Trinajstić information content (AvgIpc) is 2.99. The summed E-state index contributed by atoms with van der Waals surface area (Å²) in [5, 5.41) is 11.6. The van der Waals surface area contributed by atoms with Crippen LogP contribution in [0.1, 0.15) is 34.7 Å². The molecule has 0 spiro atoms. The lowest BCUT2D eigenvalue weighted by Gasteiger charge is -2.12. The molecule has 1 amide bonds. The maximum atomic E-state index is 12.3. The van der Waals surface area contributed by atoms with Crippen LogP contribution in [0.3, 0.4) is 0 Å². The van der Waals surface area contributed by atoms with Crippen molar-refractivity contribution in [2.45, 2.75) is 13.0 Å². The first kappa shape index (κ1) is 13.8. The molecule has 1 aromatic heterocycles. The number of rotatable bonds is 3. The van der Waals surface area contributed by atoms with Crippen LogP contribution in [0.4, 0.5) is 0 Å². The summed E-state index contributed by atoms with van der Waals surface area (Å²) >= 11 is 0. The highest BCUT2D eigenvalue weighted by Gasteiger charge is 2.14. The number of aromatic nitrogens is 2. The van der Waals surface area contributed by atoms with Gasteiger partial charge in [0.25, 0.3) is 5.91 Å². The molecule has 2 rings (SSSR count). The SMILES string of the molecule is CC(NC(=O)c1ccccc1C#CCO)c1ncc[nH]1. The van der Waals surface area contributed by atoms with Crippen molar-refractivity contribution in [2.75, 3.05) is 6.61 Å². The largest absolute Gasteiger partial charge is 0.384 e. The number of aromatic amines is 1. The predicted molar refractivity (Wildman–Crippen MR) is 74.9 cm³/mol. The maximum absolute atomic E-state index is 12.3. The number of aliphatic hydroxyl groups is 1. The zero-order valence-corrected chi connectivity index (χ0v) is 11.1. The Hall–Kier alpha value is -2.58. The first-order valence-electron chi connectivity index (χ1n) is 6.21. The molecule has 2 aromatic rings. The molecule has 3 N–H and O–H groups in total. The number of imidazole rings is 1. The molecule has 0 saturated heterocycles. The van der Waals surface area contributed by atoms with Gasteiger partial charge in [-0.1, -0.05) is 24.0 Å². The van der Waals surface area contributed by atoms with Gasteiger partial charge in [-0.15, -0.1) is 0 Å². The van der Waals surface area contributed by atoms with E-state index in [1.165, 1.54) is 0 Å². The summed E-state index contributed by atoms with van der Waals surface area (Å²) in [4.78, 5) is 19.3. The molecule has 20 heavy (non-hydrogen) atoms. The second-order valence-corrected chi connectivity index (χ2v) is 4.18. The highest BCUT2D eigenvalue weighted by Crippen LogP contribution is 2.11. The molecule has 0 bridgehead atoms. The summed E-state index contributed by atoms with van der Waals surface area (Å²) in [6, 6.07) is 6.79. The lowest BCUT2D eigenvalue weighted by Crippen LogP contribution is -2.28. The number of nitrogens with zero attached hydrogens (tertiary/aromatic N) is 1. The lowest BCUT2D eigenvalue weighted by molar-refractivity contribution is 0.0938. The van der Waals surface area contributed by atoms with Crippen molar-refractivity contribution in [3.63, 3.8) is 0 Å². The van der Waals surface area contributed by atoms with Crippen molar-refractivity contribution in [3.05, 3.63) is 53.6 Å². The molecule has 1 aromatic carbocycles. The van der Waals surface area contributed by atoms with Crippen molar-refractivity contribution in [1.29, 1.82) is 0 Å². The van der Waals surface area contributed by atoms with Gasteiger partial charge >= 0.3 is 0 Å². The van der Waals surface area contributed by atoms with E-state index in [9.17, 15) is 4.79 Å². The fourth-order valence-corrected chi connectivity index (χ4v) is 1.78. The van der Waals surface area contributed by atoms with Crippen LogP contribution < -0.4 is 5.32 Å². The molecule has 0 radical (unpaired) electrons. The number of amides is 1. The molecular weight excluding hydrogens is 254 g/mol. The van der Waals surface area contributed by atoms with E-state index in [1.54, 1.807) is 36.7 Å². The lowest BCUT2D eigenvalue weighted by atomic mass is 10.1. The minimum absolute atomic E-state index is 0.225. The third kappa shape index (κ3) is 3.25. The van der Waals surface area contributed by atoms with Gasteiger partial charge in [0.05, 0.1) is 11.6 Å². The highest BCUT2D eigenvalue weighted by atomic mass is 16.2. The number of nitrogens with one attached hydrogen (secondary N) is 2. The fourth-order valence-electron chi connectivity index (χ4n) is 1.78. The molecule has 1 atom stereocenters. The van der Waals surface area contributed by atoms with E-state index in [4.69, 9.17) is 5.11 Å². The Morgan fingerprint density at radius 2 is 2.30 bits per heavy atom. The van der Waals surface area contributed by atoms with Gasteiger partial charge in [-0.3, -0.25) is 4.79 Å². The molecule has 5 heteroatoms. The third-order valence-corrected chi connectivity index (χ3v) is 2.75. The van der Waals surface area contributed by atoms with E-state index in [2.05, 4.69) is 27.1 Å². The molecule has 0 aliphatic rings. The van der Waals surface area contributed by atoms with E-state index in [-0.39, 0.29) is 18.6 Å². The minimum atomic E-state index is -0.237. The maximum Gasteiger partial charge on any atom is 0.253 e. The summed E-state index contributed by atoms with van der Waals surface area (Å²) in [6.45, 7) is 1.61. The van der Waals surface area contributed by atoms with Gasteiger partial charge in [0.2, 0.25) is 0 Å². The molecule has 0 aliphatic carbocycles. The summed E-state index contributed by atoms with van der Waals surface area (Å²) in [5.74, 6) is 5.78. The Kier molecular flexibility index (Phi) is 4.53. The second-order valence-electron chi connectivity index (χ2n) is 4.18. The molecule has 0 fully saturated rings. The molecule has 1 heterocycles. The van der Waals surface area contributed by atoms with E-state index in [0.717, 1.165) is 0 Å². The van der Waals surface area contributed by atoms with Crippen molar-refractivity contribution < 1.29 is 9.90 Å². The number of carbonyl (C=O) groups is 1. The van der Waals surface area contributed by atoms with Gasteiger partial charge in [-0.2, -0.15) is 0 Å². The smallest absolute Gasteiger partial charge is 0.253 e. The molecule has 0 saturated carbocycles. The summed E-state index contributed by atoms with van der Waals surface area (Å²) in [5.41, 5.74) is 1.07. The van der Waals surface area contributed by atoms with Crippen molar-refractivity contribution >= 4 is 5.91 Å². The molecule has 0 aliphatic heterocycles. The molecular formula is C15H15N3O2. The number of aliphatic hydroxyl groups excluding tert-OH is 1. The standard InChI is InChI=1S/C15H15N3O2/c1-11(14-16-8-9-17-14)18-15(20)13-7-3-2-5-12(13)6-4-10-19/h2-3,5,7-9,11,19H,10H2,1H3,(H,16,17)(H,18,20). The van der Waals surface area contributed by atoms with Gasteiger partial charge in [0, 0.05) is 18.0 Å². The van der Waals surface area contributed by atoms with Crippen molar-refractivity contribution in [3.8, 4) is 11.8 Å². The number of hydrogen-bond donors (Lipinski definition) is 3. The summed E-state index contributed by atoms with van der Waals surface area (Å²) in [6.07, 6.45) is 3.34. The van der Waals surface area contributed by atoms with Crippen LogP contribution in [-0.2, 0) is 0 Å². The third-order valence-electron chi connectivity index (χ3n) is 2.75. The summed E-state index contributed by atoms with van der Waals surface area (Å²) < 4.78 is 0. The molecule has 102 valence electrons.